The third-order valence-electron chi connectivity index (χ3n) is 4.00. The van der Waals surface area contributed by atoms with E-state index >= 15 is 0 Å². The summed E-state index contributed by atoms with van der Waals surface area (Å²) in [4.78, 5) is 23.5. The van der Waals surface area contributed by atoms with Gasteiger partial charge in [0, 0.05) is 25.8 Å². The zero-order chi connectivity index (χ0) is 18.9. The Balaban J connectivity index is 4.13. The fraction of sp³-hybridized carbons (Fsp3) is 0.895. The fourth-order valence-corrected chi connectivity index (χ4v) is 3.41. The minimum absolute atomic E-state index is 0.0626. The van der Waals surface area contributed by atoms with Gasteiger partial charge in [0.25, 0.3) is 0 Å². The van der Waals surface area contributed by atoms with Gasteiger partial charge in [-0.15, -0.1) is 0 Å². The summed E-state index contributed by atoms with van der Waals surface area (Å²) in [6, 6.07) is 0. The second-order valence-electron chi connectivity index (χ2n) is 6.47. The number of Topliss-reactive ketones (excluding diaryl/α,β-unsaturated/α-hetero) is 1. The molecule has 0 saturated carbocycles. The van der Waals surface area contributed by atoms with E-state index in [1.807, 2.05) is 11.8 Å². The summed E-state index contributed by atoms with van der Waals surface area (Å²) in [5.74, 6) is 1.89. The molecular formula is C19H37NO4S. The maximum absolute atomic E-state index is 12.2. The van der Waals surface area contributed by atoms with Gasteiger partial charge in [-0.05, 0) is 38.4 Å². The van der Waals surface area contributed by atoms with Crippen LogP contribution in [-0.4, -0.2) is 49.1 Å². The van der Waals surface area contributed by atoms with Gasteiger partial charge in [-0.2, -0.15) is 11.8 Å². The molecule has 0 radical (unpaired) electrons. The van der Waals surface area contributed by atoms with Gasteiger partial charge in [0.05, 0.1) is 12.5 Å². The van der Waals surface area contributed by atoms with Crippen molar-refractivity contribution in [2.45, 2.75) is 83.8 Å². The van der Waals surface area contributed by atoms with E-state index < -0.39 is 0 Å². The average molecular weight is 376 g/mol. The molecule has 2 atom stereocenters. The molecule has 0 heterocycles. The van der Waals surface area contributed by atoms with Crippen LogP contribution in [0.2, 0.25) is 0 Å². The first-order valence-electron chi connectivity index (χ1n) is 9.52. The Hall–Kier alpha value is -0.590. The van der Waals surface area contributed by atoms with Gasteiger partial charge in [-0.3, -0.25) is 9.59 Å². The molecule has 2 N–H and O–H groups in total. The molecule has 5 nitrogen and oxygen atoms in total. The van der Waals surface area contributed by atoms with Crippen LogP contribution < -0.4 is 5.73 Å². The second-order valence-corrected chi connectivity index (χ2v) is 7.70. The summed E-state index contributed by atoms with van der Waals surface area (Å²) >= 11 is 1.86. The number of hydrogen-bond acceptors (Lipinski definition) is 6. The van der Waals surface area contributed by atoms with Gasteiger partial charge < -0.3 is 15.2 Å². The number of thioether (sulfide) groups is 1. The van der Waals surface area contributed by atoms with Crippen molar-refractivity contribution in [2.75, 3.05) is 25.2 Å². The molecule has 0 aliphatic heterocycles. The number of rotatable bonds is 17. The van der Waals surface area contributed by atoms with Gasteiger partial charge in [-0.25, -0.2) is 0 Å². The Labute approximate surface area is 157 Å². The molecule has 0 aliphatic rings. The van der Waals surface area contributed by atoms with Crippen LogP contribution in [0.15, 0.2) is 0 Å². The van der Waals surface area contributed by atoms with Crippen molar-refractivity contribution in [1.29, 1.82) is 0 Å². The maximum Gasteiger partial charge on any atom is 0.308 e. The number of esters is 1. The van der Waals surface area contributed by atoms with Gasteiger partial charge in [0.1, 0.15) is 11.9 Å². The van der Waals surface area contributed by atoms with Crippen LogP contribution in [0.1, 0.15) is 71.6 Å². The average Bonchev–Trinajstić information content (AvgIpc) is 2.56. The number of carbonyl (C=O) groups is 2. The van der Waals surface area contributed by atoms with Crippen LogP contribution in [-0.2, 0) is 19.1 Å². The minimum atomic E-state index is -0.290. The summed E-state index contributed by atoms with van der Waals surface area (Å²) in [5.41, 5.74) is 5.46. The molecule has 2 unspecified atom stereocenters. The highest BCUT2D eigenvalue weighted by Gasteiger charge is 2.19. The van der Waals surface area contributed by atoms with Crippen LogP contribution in [0.3, 0.4) is 0 Å². The van der Waals surface area contributed by atoms with Crippen LogP contribution in [0.25, 0.3) is 0 Å². The second kappa shape index (κ2) is 16.9. The summed E-state index contributed by atoms with van der Waals surface area (Å²) in [6.07, 6.45) is 7.08. The molecule has 0 spiro atoms. The molecule has 0 aromatic carbocycles. The molecule has 0 aromatic heterocycles. The van der Waals surface area contributed by atoms with E-state index in [0.29, 0.717) is 6.42 Å². The normalized spacial score (nSPS) is 13.4. The van der Waals surface area contributed by atoms with Crippen LogP contribution in [0.4, 0.5) is 0 Å². The minimum Gasteiger partial charge on any atom is -0.462 e. The van der Waals surface area contributed by atoms with Crippen molar-refractivity contribution < 1.29 is 19.1 Å². The highest BCUT2D eigenvalue weighted by molar-refractivity contribution is 7.99. The number of methoxy groups -OCH3 is 1. The molecule has 0 aromatic rings. The summed E-state index contributed by atoms with van der Waals surface area (Å²) < 4.78 is 11.0. The Kier molecular flexibility index (Phi) is 16.5. The highest BCUT2D eigenvalue weighted by Crippen LogP contribution is 2.15. The molecule has 6 heteroatoms. The molecule has 0 bridgehead atoms. The number of carbonyl (C=O) groups excluding carboxylic acids is 2. The van der Waals surface area contributed by atoms with Crippen LogP contribution >= 0.6 is 11.8 Å². The van der Waals surface area contributed by atoms with E-state index in [0.717, 1.165) is 63.0 Å². The number of unbranched alkanes of at least 4 members (excludes halogenated alkanes) is 3. The third-order valence-corrected chi connectivity index (χ3v) is 5.10. The first-order chi connectivity index (χ1) is 12.0. The SMILES string of the molecule is CCCCCC(CC(C)=O)OC(=O)CC(CCCCSCCN)OC. The third kappa shape index (κ3) is 15.4. The lowest BCUT2D eigenvalue weighted by atomic mass is 10.1. The van der Waals surface area contributed by atoms with E-state index in [9.17, 15) is 9.59 Å². The molecule has 0 amide bonds. The summed E-state index contributed by atoms with van der Waals surface area (Å²) in [6.45, 7) is 4.39. The predicted molar refractivity (Wildman–Crippen MR) is 105 cm³/mol. The fourth-order valence-electron chi connectivity index (χ4n) is 2.63. The van der Waals surface area contributed by atoms with Crippen LogP contribution in [0, 0.1) is 0 Å². The monoisotopic (exact) mass is 375 g/mol. The van der Waals surface area contributed by atoms with Crippen molar-refractivity contribution >= 4 is 23.5 Å². The van der Waals surface area contributed by atoms with Crippen molar-refractivity contribution in [2.24, 2.45) is 5.73 Å². The number of ether oxygens (including phenoxy) is 2. The lowest BCUT2D eigenvalue weighted by molar-refractivity contribution is -0.153. The number of ketones is 1. The molecule has 25 heavy (non-hydrogen) atoms. The predicted octanol–water partition coefficient (Wildman–Crippen LogP) is 3.72. The van der Waals surface area contributed by atoms with Crippen molar-refractivity contribution in [3.05, 3.63) is 0 Å². The zero-order valence-corrected chi connectivity index (χ0v) is 17.1. The van der Waals surface area contributed by atoms with Crippen molar-refractivity contribution in [1.82, 2.24) is 0 Å². The van der Waals surface area contributed by atoms with Crippen molar-refractivity contribution in [3.8, 4) is 0 Å². The quantitative estimate of drug-likeness (QED) is 0.308. The summed E-state index contributed by atoms with van der Waals surface area (Å²) in [5, 5.41) is 0. The largest absolute Gasteiger partial charge is 0.462 e. The summed E-state index contributed by atoms with van der Waals surface area (Å²) in [7, 11) is 1.63. The van der Waals surface area contributed by atoms with E-state index in [2.05, 4.69) is 6.92 Å². The Morgan fingerprint density at radius 3 is 2.28 bits per heavy atom. The smallest absolute Gasteiger partial charge is 0.308 e. The standard InChI is InChI=1S/C19H37NO4S/c1-4-5-6-10-18(14-16(2)21)24-19(22)15-17(23-3)9-7-8-12-25-13-11-20/h17-18H,4-15,20H2,1-3H3. The molecule has 0 fully saturated rings. The number of hydrogen-bond donors (Lipinski definition) is 1. The molecule has 0 rings (SSSR count). The number of nitrogens with two attached hydrogens (primary N) is 1. The Morgan fingerprint density at radius 1 is 1.00 bits per heavy atom. The lowest BCUT2D eigenvalue weighted by Crippen LogP contribution is -2.25. The van der Waals surface area contributed by atoms with E-state index in [1.165, 1.54) is 0 Å². The van der Waals surface area contributed by atoms with Gasteiger partial charge in [-0.1, -0.05) is 26.2 Å². The van der Waals surface area contributed by atoms with E-state index in [4.69, 9.17) is 15.2 Å². The first-order valence-corrected chi connectivity index (χ1v) is 10.7. The Morgan fingerprint density at radius 2 is 1.68 bits per heavy atom. The van der Waals surface area contributed by atoms with Gasteiger partial charge in [0.15, 0.2) is 0 Å². The van der Waals surface area contributed by atoms with Gasteiger partial charge in [0.2, 0.25) is 0 Å². The Bertz CT molecular complexity index is 352. The first kappa shape index (κ1) is 24.4. The van der Waals surface area contributed by atoms with E-state index in [-0.39, 0.29) is 30.4 Å². The topological polar surface area (TPSA) is 78.6 Å². The lowest BCUT2D eigenvalue weighted by Gasteiger charge is -2.19. The van der Waals surface area contributed by atoms with Gasteiger partial charge >= 0.3 is 5.97 Å². The zero-order valence-electron chi connectivity index (χ0n) is 16.3. The molecule has 148 valence electrons. The van der Waals surface area contributed by atoms with E-state index in [1.54, 1.807) is 14.0 Å². The van der Waals surface area contributed by atoms with Crippen molar-refractivity contribution in [3.63, 3.8) is 0 Å². The molecule has 0 aliphatic carbocycles. The highest BCUT2D eigenvalue weighted by atomic mass is 32.2. The van der Waals surface area contributed by atoms with Crippen LogP contribution in [0.5, 0.6) is 0 Å². The molecule has 0 saturated heterocycles. The maximum atomic E-state index is 12.2. The molecular weight excluding hydrogens is 338 g/mol.